The molecule has 0 unspecified atom stereocenters. The highest BCUT2D eigenvalue weighted by Gasteiger charge is 2.16. The summed E-state index contributed by atoms with van der Waals surface area (Å²) in [7, 11) is -2.26. The fourth-order valence-corrected chi connectivity index (χ4v) is 1.71. The van der Waals surface area contributed by atoms with E-state index < -0.39 is 10.4 Å². The van der Waals surface area contributed by atoms with E-state index in [-0.39, 0.29) is 12.7 Å². The number of hydrogen-bond donors (Lipinski definition) is 1. The molecule has 88 valence electrons. The van der Waals surface area contributed by atoms with Crippen molar-refractivity contribution in [3.63, 3.8) is 0 Å². The molecular weight excluding hydrogens is 206 g/mol. The lowest BCUT2D eigenvalue weighted by Gasteiger charge is -2.12. The van der Waals surface area contributed by atoms with E-state index in [1.165, 1.54) is 7.05 Å². The number of hydrogen-bond acceptors (Lipinski definition) is 5. The van der Waals surface area contributed by atoms with E-state index in [9.17, 15) is 8.42 Å². The third-order valence-electron chi connectivity index (χ3n) is 1.43. The van der Waals surface area contributed by atoms with Crippen molar-refractivity contribution in [2.24, 2.45) is 5.73 Å². The van der Waals surface area contributed by atoms with Gasteiger partial charge in [-0.3, -0.25) is 0 Å². The molecule has 0 aromatic carbocycles. The Kier molecular flexibility index (Phi) is 10.9. The molecule has 6 heteroatoms. The van der Waals surface area contributed by atoms with E-state index >= 15 is 0 Å². The predicted octanol–water partition coefficient (Wildman–Crippen LogP) is 1.05. The molecular formula is C8H21NO4S. The van der Waals surface area contributed by atoms with Gasteiger partial charge in [-0.05, 0) is 26.8 Å². The van der Waals surface area contributed by atoms with Gasteiger partial charge in [0.05, 0.1) is 12.7 Å². The third-order valence-corrected chi connectivity index (χ3v) is 2.46. The average molecular weight is 227 g/mol. The number of nitrogens with two attached hydrogens (primary N) is 1. The third kappa shape index (κ3) is 8.43. The van der Waals surface area contributed by atoms with E-state index in [0.717, 1.165) is 0 Å². The molecule has 0 saturated carbocycles. The molecule has 0 aliphatic carbocycles. The van der Waals surface area contributed by atoms with Crippen LogP contribution in [0.5, 0.6) is 0 Å². The lowest BCUT2D eigenvalue weighted by Crippen LogP contribution is -2.18. The maximum Gasteiger partial charge on any atom is 0.400 e. The Hall–Kier alpha value is -0.170. The molecule has 0 heterocycles. The van der Waals surface area contributed by atoms with Gasteiger partial charge in [-0.25, -0.2) is 8.37 Å². The van der Waals surface area contributed by atoms with Gasteiger partial charge in [0.1, 0.15) is 0 Å². The summed E-state index contributed by atoms with van der Waals surface area (Å²) in [6.07, 6.45) is 1.08. The zero-order chi connectivity index (χ0) is 11.6. The molecule has 0 amide bonds. The van der Waals surface area contributed by atoms with Gasteiger partial charge in [0.25, 0.3) is 0 Å². The fraction of sp³-hybridized carbons (Fsp3) is 1.00. The maximum atomic E-state index is 10.9. The second-order valence-electron chi connectivity index (χ2n) is 2.35. The van der Waals surface area contributed by atoms with Crippen molar-refractivity contribution in [2.75, 3.05) is 13.7 Å². The van der Waals surface area contributed by atoms with Gasteiger partial charge in [0.15, 0.2) is 0 Å². The van der Waals surface area contributed by atoms with Crippen molar-refractivity contribution in [2.45, 2.75) is 39.7 Å². The largest absolute Gasteiger partial charge is 0.400 e. The van der Waals surface area contributed by atoms with Crippen LogP contribution < -0.4 is 5.73 Å². The van der Waals surface area contributed by atoms with Crippen LogP contribution in [0.15, 0.2) is 0 Å². The summed E-state index contributed by atoms with van der Waals surface area (Å²) in [6, 6.07) is 0. The maximum absolute atomic E-state index is 10.9. The molecule has 0 radical (unpaired) electrons. The first-order chi connectivity index (χ1) is 6.55. The molecule has 0 saturated heterocycles. The molecule has 0 aliphatic rings. The SMILES string of the molecule is CCOS(=O)(=O)OC(CC)CC.CN. The molecule has 0 fully saturated rings. The fourth-order valence-electron chi connectivity index (χ4n) is 0.764. The van der Waals surface area contributed by atoms with Crippen LogP contribution in [-0.4, -0.2) is 28.2 Å². The Morgan fingerprint density at radius 2 is 1.57 bits per heavy atom. The summed E-state index contributed by atoms with van der Waals surface area (Å²) in [6.45, 7) is 5.46. The Morgan fingerprint density at radius 1 is 1.14 bits per heavy atom. The Morgan fingerprint density at radius 3 is 1.86 bits per heavy atom. The molecule has 0 rings (SSSR count). The van der Waals surface area contributed by atoms with Crippen LogP contribution in [0.2, 0.25) is 0 Å². The van der Waals surface area contributed by atoms with Gasteiger partial charge in [-0.15, -0.1) is 0 Å². The van der Waals surface area contributed by atoms with Crippen molar-refractivity contribution in [1.29, 1.82) is 0 Å². The highest BCUT2D eigenvalue weighted by Crippen LogP contribution is 2.08. The van der Waals surface area contributed by atoms with Gasteiger partial charge >= 0.3 is 10.4 Å². The molecule has 0 atom stereocenters. The van der Waals surface area contributed by atoms with E-state index in [1.54, 1.807) is 6.92 Å². The summed E-state index contributed by atoms with van der Waals surface area (Å²) in [5.74, 6) is 0. The second-order valence-corrected chi connectivity index (χ2v) is 3.59. The van der Waals surface area contributed by atoms with Crippen LogP contribution in [0, 0.1) is 0 Å². The van der Waals surface area contributed by atoms with Crippen LogP contribution in [-0.2, 0) is 18.8 Å². The lowest BCUT2D eigenvalue weighted by atomic mass is 10.2. The minimum absolute atomic E-state index is 0.114. The summed E-state index contributed by atoms with van der Waals surface area (Å²) in [4.78, 5) is 0. The zero-order valence-electron chi connectivity index (χ0n) is 9.32. The monoisotopic (exact) mass is 227 g/mol. The van der Waals surface area contributed by atoms with Gasteiger partial charge in [-0.2, -0.15) is 8.42 Å². The van der Waals surface area contributed by atoms with Crippen LogP contribution in [0.25, 0.3) is 0 Å². The summed E-state index contributed by atoms with van der Waals surface area (Å²) >= 11 is 0. The normalized spacial score (nSPS) is 11.0. The van der Waals surface area contributed by atoms with Crippen LogP contribution in [0.1, 0.15) is 33.6 Å². The smallest absolute Gasteiger partial charge is 0.333 e. The molecule has 0 aromatic rings. The van der Waals surface area contributed by atoms with Crippen molar-refractivity contribution in [1.82, 2.24) is 0 Å². The molecule has 2 N–H and O–H groups in total. The molecule has 5 nitrogen and oxygen atoms in total. The molecule has 0 spiro atoms. The molecule has 0 aromatic heterocycles. The van der Waals surface area contributed by atoms with Gasteiger partial charge < -0.3 is 5.73 Å². The Bertz CT molecular complexity index is 199. The van der Waals surface area contributed by atoms with Crippen LogP contribution in [0.4, 0.5) is 0 Å². The molecule has 0 aliphatic heterocycles. The van der Waals surface area contributed by atoms with Crippen molar-refractivity contribution >= 4 is 10.4 Å². The van der Waals surface area contributed by atoms with E-state index in [4.69, 9.17) is 4.18 Å². The highest BCUT2D eigenvalue weighted by molar-refractivity contribution is 7.81. The standard InChI is InChI=1S/C7H16O4S.CH5N/c1-4-7(5-2)11-12(8,9)10-6-3;1-2/h7H,4-6H2,1-3H3;2H2,1H3. The Balaban J connectivity index is 0. The summed E-state index contributed by atoms with van der Waals surface area (Å²) < 4.78 is 31.0. The minimum Gasteiger partial charge on any atom is -0.333 e. The topological polar surface area (TPSA) is 78.6 Å². The second kappa shape index (κ2) is 9.39. The summed E-state index contributed by atoms with van der Waals surface area (Å²) in [5, 5.41) is 0. The first-order valence-corrected chi connectivity index (χ1v) is 6.04. The quantitative estimate of drug-likeness (QED) is 0.733. The molecule has 14 heavy (non-hydrogen) atoms. The zero-order valence-corrected chi connectivity index (χ0v) is 10.1. The van der Waals surface area contributed by atoms with Crippen LogP contribution in [0.3, 0.4) is 0 Å². The van der Waals surface area contributed by atoms with Crippen molar-refractivity contribution < 1.29 is 16.8 Å². The number of rotatable bonds is 6. The Labute approximate surface area is 86.9 Å². The first kappa shape index (κ1) is 16.3. The van der Waals surface area contributed by atoms with Crippen molar-refractivity contribution in [3.8, 4) is 0 Å². The summed E-state index contributed by atoms with van der Waals surface area (Å²) in [5.41, 5.74) is 4.50. The predicted molar refractivity (Wildman–Crippen MR) is 56.1 cm³/mol. The van der Waals surface area contributed by atoms with Gasteiger partial charge in [0, 0.05) is 0 Å². The van der Waals surface area contributed by atoms with E-state index in [0.29, 0.717) is 12.8 Å². The highest BCUT2D eigenvalue weighted by atomic mass is 32.3. The van der Waals surface area contributed by atoms with E-state index in [1.807, 2.05) is 13.8 Å². The van der Waals surface area contributed by atoms with E-state index in [2.05, 4.69) is 9.92 Å². The van der Waals surface area contributed by atoms with Gasteiger partial charge in [-0.1, -0.05) is 13.8 Å². The minimum atomic E-state index is -3.76. The van der Waals surface area contributed by atoms with Gasteiger partial charge in [0.2, 0.25) is 0 Å². The molecule has 0 bridgehead atoms. The average Bonchev–Trinajstić information content (AvgIpc) is 2.17. The van der Waals surface area contributed by atoms with Crippen LogP contribution >= 0.6 is 0 Å². The first-order valence-electron chi connectivity index (χ1n) is 4.71. The van der Waals surface area contributed by atoms with Crippen molar-refractivity contribution in [3.05, 3.63) is 0 Å². The lowest BCUT2D eigenvalue weighted by molar-refractivity contribution is 0.153.